The van der Waals surface area contributed by atoms with Crippen LogP contribution in [-0.4, -0.2) is 6.04 Å². The molecule has 0 aliphatic heterocycles. The topological polar surface area (TPSA) is 26.0 Å². The van der Waals surface area contributed by atoms with Crippen molar-refractivity contribution in [2.45, 2.75) is 52.0 Å². The van der Waals surface area contributed by atoms with Crippen molar-refractivity contribution in [3.05, 3.63) is 12.7 Å². The summed E-state index contributed by atoms with van der Waals surface area (Å²) < 4.78 is 0. The van der Waals surface area contributed by atoms with Gasteiger partial charge in [0.1, 0.15) is 0 Å². The normalized spacial score (nSPS) is 30.3. The summed E-state index contributed by atoms with van der Waals surface area (Å²) in [5, 5.41) is 0. The molecule has 1 unspecified atom stereocenters. The summed E-state index contributed by atoms with van der Waals surface area (Å²) in [5.74, 6) is 2.55. The van der Waals surface area contributed by atoms with Crippen molar-refractivity contribution in [1.29, 1.82) is 0 Å². The van der Waals surface area contributed by atoms with Crippen LogP contribution in [0, 0.1) is 17.8 Å². The zero-order valence-electron chi connectivity index (χ0n) is 9.71. The van der Waals surface area contributed by atoms with Gasteiger partial charge in [0, 0.05) is 6.04 Å². The predicted octanol–water partition coefficient (Wildman–Crippen LogP) is 3.35. The summed E-state index contributed by atoms with van der Waals surface area (Å²) in [5.41, 5.74) is 6.11. The first kappa shape index (κ1) is 11.8. The van der Waals surface area contributed by atoms with Gasteiger partial charge < -0.3 is 5.73 Å². The number of hydrogen-bond donors (Lipinski definition) is 1. The van der Waals surface area contributed by atoms with E-state index in [-0.39, 0.29) is 0 Å². The Morgan fingerprint density at radius 2 is 1.71 bits per heavy atom. The average Bonchev–Trinajstić information content (AvgIpc) is 2.18. The minimum atomic E-state index is 0.362. The molecule has 1 heteroatoms. The standard InChI is InChI=1S/C13H25N/c1-4-5-13(14)12-8-6-11(7-9-12)10(2)3/h4,10-13H,1,5-9,14H2,2-3H3. The Hall–Kier alpha value is -0.300. The Kier molecular flexibility index (Phi) is 4.67. The maximum absolute atomic E-state index is 6.11. The molecule has 0 heterocycles. The molecule has 1 saturated carbocycles. The van der Waals surface area contributed by atoms with Crippen molar-refractivity contribution in [3.8, 4) is 0 Å². The SMILES string of the molecule is C=CCC(N)C1CCC(C(C)C)CC1. The van der Waals surface area contributed by atoms with Crippen LogP contribution < -0.4 is 5.73 Å². The largest absolute Gasteiger partial charge is 0.327 e. The fourth-order valence-corrected chi connectivity index (χ4v) is 2.62. The first-order valence-electron chi connectivity index (χ1n) is 6.01. The molecule has 1 fully saturated rings. The van der Waals surface area contributed by atoms with Crippen molar-refractivity contribution in [2.24, 2.45) is 23.5 Å². The zero-order chi connectivity index (χ0) is 10.6. The average molecular weight is 195 g/mol. The van der Waals surface area contributed by atoms with E-state index in [9.17, 15) is 0 Å². The van der Waals surface area contributed by atoms with Gasteiger partial charge in [-0.05, 0) is 49.9 Å². The fraction of sp³-hybridized carbons (Fsp3) is 0.846. The molecule has 0 aromatic heterocycles. The Labute approximate surface area is 88.8 Å². The van der Waals surface area contributed by atoms with Crippen LogP contribution in [0.15, 0.2) is 12.7 Å². The third-order valence-electron chi connectivity index (χ3n) is 3.80. The van der Waals surface area contributed by atoms with Crippen molar-refractivity contribution in [3.63, 3.8) is 0 Å². The highest BCUT2D eigenvalue weighted by Crippen LogP contribution is 2.34. The molecule has 2 N–H and O–H groups in total. The lowest BCUT2D eigenvalue weighted by molar-refractivity contribution is 0.203. The Morgan fingerprint density at radius 1 is 1.21 bits per heavy atom. The predicted molar refractivity (Wildman–Crippen MR) is 63.1 cm³/mol. The van der Waals surface area contributed by atoms with Gasteiger partial charge in [0.25, 0.3) is 0 Å². The molecule has 0 amide bonds. The van der Waals surface area contributed by atoms with Crippen LogP contribution in [-0.2, 0) is 0 Å². The molecule has 0 radical (unpaired) electrons. The number of rotatable bonds is 4. The molecular formula is C13H25N. The van der Waals surface area contributed by atoms with Gasteiger partial charge in [-0.1, -0.05) is 19.9 Å². The van der Waals surface area contributed by atoms with Gasteiger partial charge in [-0.25, -0.2) is 0 Å². The van der Waals surface area contributed by atoms with E-state index >= 15 is 0 Å². The van der Waals surface area contributed by atoms with E-state index in [2.05, 4.69) is 20.4 Å². The van der Waals surface area contributed by atoms with Crippen molar-refractivity contribution in [1.82, 2.24) is 0 Å². The van der Waals surface area contributed by atoms with Gasteiger partial charge in [0.2, 0.25) is 0 Å². The summed E-state index contributed by atoms with van der Waals surface area (Å²) in [6.45, 7) is 8.44. The molecule has 0 bridgehead atoms. The molecule has 0 spiro atoms. The molecule has 1 atom stereocenters. The van der Waals surface area contributed by atoms with Gasteiger partial charge in [-0.3, -0.25) is 0 Å². The third kappa shape index (κ3) is 3.13. The molecule has 0 aromatic carbocycles. The summed E-state index contributed by atoms with van der Waals surface area (Å²) >= 11 is 0. The first-order valence-corrected chi connectivity index (χ1v) is 6.01. The minimum absolute atomic E-state index is 0.362. The number of hydrogen-bond acceptors (Lipinski definition) is 1. The maximum Gasteiger partial charge on any atom is 0.0102 e. The highest BCUT2D eigenvalue weighted by molar-refractivity contribution is 4.85. The molecule has 14 heavy (non-hydrogen) atoms. The van der Waals surface area contributed by atoms with Gasteiger partial charge in [0.05, 0.1) is 0 Å². The van der Waals surface area contributed by atoms with E-state index in [1.54, 1.807) is 0 Å². The van der Waals surface area contributed by atoms with Crippen LogP contribution in [0.5, 0.6) is 0 Å². The van der Waals surface area contributed by atoms with Crippen molar-refractivity contribution in [2.75, 3.05) is 0 Å². The summed E-state index contributed by atoms with van der Waals surface area (Å²) in [6.07, 6.45) is 8.37. The summed E-state index contributed by atoms with van der Waals surface area (Å²) in [4.78, 5) is 0. The fourth-order valence-electron chi connectivity index (χ4n) is 2.62. The highest BCUT2D eigenvalue weighted by atomic mass is 14.6. The highest BCUT2D eigenvalue weighted by Gasteiger charge is 2.26. The minimum Gasteiger partial charge on any atom is -0.327 e. The lowest BCUT2D eigenvalue weighted by atomic mass is 9.74. The van der Waals surface area contributed by atoms with Crippen LogP contribution in [0.2, 0.25) is 0 Å². The van der Waals surface area contributed by atoms with E-state index in [4.69, 9.17) is 5.73 Å². The van der Waals surface area contributed by atoms with E-state index in [1.165, 1.54) is 25.7 Å². The molecular weight excluding hydrogens is 170 g/mol. The van der Waals surface area contributed by atoms with Gasteiger partial charge >= 0.3 is 0 Å². The zero-order valence-corrected chi connectivity index (χ0v) is 9.71. The van der Waals surface area contributed by atoms with Crippen LogP contribution in [0.3, 0.4) is 0 Å². The lowest BCUT2D eigenvalue weighted by Crippen LogP contribution is -2.33. The van der Waals surface area contributed by atoms with Crippen molar-refractivity contribution < 1.29 is 0 Å². The van der Waals surface area contributed by atoms with Crippen LogP contribution in [0.1, 0.15) is 46.0 Å². The Balaban J connectivity index is 2.31. The molecule has 1 nitrogen and oxygen atoms in total. The van der Waals surface area contributed by atoms with Crippen LogP contribution in [0.25, 0.3) is 0 Å². The quantitative estimate of drug-likeness (QED) is 0.684. The second-order valence-electron chi connectivity index (χ2n) is 5.11. The third-order valence-corrected chi connectivity index (χ3v) is 3.80. The van der Waals surface area contributed by atoms with Gasteiger partial charge in [0.15, 0.2) is 0 Å². The second kappa shape index (κ2) is 5.55. The van der Waals surface area contributed by atoms with E-state index in [0.29, 0.717) is 6.04 Å². The van der Waals surface area contributed by atoms with Crippen LogP contribution >= 0.6 is 0 Å². The monoisotopic (exact) mass is 195 g/mol. The van der Waals surface area contributed by atoms with E-state index < -0.39 is 0 Å². The second-order valence-corrected chi connectivity index (χ2v) is 5.11. The van der Waals surface area contributed by atoms with Crippen LogP contribution in [0.4, 0.5) is 0 Å². The smallest absolute Gasteiger partial charge is 0.0102 e. The molecule has 1 rings (SSSR count). The first-order chi connectivity index (χ1) is 6.65. The Morgan fingerprint density at radius 3 is 2.14 bits per heavy atom. The Bertz CT molecular complexity index is 166. The van der Waals surface area contributed by atoms with E-state index in [0.717, 1.165) is 24.2 Å². The van der Waals surface area contributed by atoms with Gasteiger partial charge in [-0.15, -0.1) is 6.58 Å². The molecule has 82 valence electrons. The van der Waals surface area contributed by atoms with E-state index in [1.807, 2.05) is 6.08 Å². The maximum atomic E-state index is 6.11. The number of nitrogens with two attached hydrogens (primary N) is 1. The summed E-state index contributed by atoms with van der Waals surface area (Å²) in [7, 11) is 0. The molecule has 0 aromatic rings. The molecule has 1 aliphatic rings. The molecule has 1 aliphatic carbocycles. The summed E-state index contributed by atoms with van der Waals surface area (Å²) in [6, 6.07) is 0.362. The molecule has 0 saturated heterocycles. The van der Waals surface area contributed by atoms with Crippen molar-refractivity contribution >= 4 is 0 Å². The lowest BCUT2D eigenvalue weighted by Gasteiger charge is -2.33. The van der Waals surface area contributed by atoms with Gasteiger partial charge in [-0.2, -0.15) is 0 Å².